The Morgan fingerprint density at radius 3 is 2.67 bits per heavy atom. The molecule has 0 radical (unpaired) electrons. The van der Waals surface area contributed by atoms with Crippen LogP contribution in [0.25, 0.3) is 0 Å². The number of carbonyl (C=O) groups is 2. The van der Waals surface area contributed by atoms with E-state index in [9.17, 15) is 9.59 Å². The Balaban J connectivity index is 1.90. The minimum atomic E-state index is -0.933. The maximum Gasteiger partial charge on any atom is 0.311 e. The van der Waals surface area contributed by atoms with Gasteiger partial charge >= 0.3 is 5.97 Å². The van der Waals surface area contributed by atoms with E-state index < -0.39 is 17.9 Å². The smallest absolute Gasteiger partial charge is 0.311 e. The molecular weight excluding hydrogens is 234 g/mol. The SMILES string of the molecule is O=C(Cc1ccccc1)NC1COCC1C(=O)O. The van der Waals surface area contributed by atoms with Gasteiger partial charge in [-0.15, -0.1) is 0 Å². The topological polar surface area (TPSA) is 75.6 Å². The van der Waals surface area contributed by atoms with E-state index in [1.807, 2.05) is 30.3 Å². The third-order valence-corrected chi connectivity index (χ3v) is 2.95. The Morgan fingerprint density at radius 2 is 2.00 bits per heavy atom. The summed E-state index contributed by atoms with van der Waals surface area (Å²) in [4.78, 5) is 22.7. The second-order valence-corrected chi connectivity index (χ2v) is 4.32. The van der Waals surface area contributed by atoms with Crippen LogP contribution < -0.4 is 5.32 Å². The molecule has 2 N–H and O–H groups in total. The summed E-state index contributed by atoms with van der Waals surface area (Å²) in [5.74, 6) is -1.76. The summed E-state index contributed by atoms with van der Waals surface area (Å²) in [6, 6.07) is 8.90. The molecular formula is C13H15NO4. The minimum absolute atomic E-state index is 0.158. The van der Waals surface area contributed by atoms with E-state index in [0.717, 1.165) is 5.56 Å². The highest BCUT2D eigenvalue weighted by atomic mass is 16.5. The predicted octanol–water partition coefficient (Wildman–Crippen LogP) is 0.445. The Hall–Kier alpha value is -1.88. The van der Waals surface area contributed by atoms with Gasteiger partial charge < -0.3 is 15.2 Å². The van der Waals surface area contributed by atoms with Crippen LogP contribution in [-0.2, 0) is 20.7 Å². The molecule has 0 aromatic heterocycles. The van der Waals surface area contributed by atoms with E-state index in [2.05, 4.69) is 5.32 Å². The lowest BCUT2D eigenvalue weighted by Crippen LogP contribution is -2.43. The van der Waals surface area contributed by atoms with Crippen molar-refractivity contribution in [2.75, 3.05) is 13.2 Å². The van der Waals surface area contributed by atoms with Crippen molar-refractivity contribution < 1.29 is 19.4 Å². The van der Waals surface area contributed by atoms with Crippen LogP contribution in [0.2, 0.25) is 0 Å². The van der Waals surface area contributed by atoms with Gasteiger partial charge in [0, 0.05) is 0 Å². The Kier molecular flexibility index (Phi) is 3.94. The molecule has 1 aliphatic rings. The Morgan fingerprint density at radius 1 is 1.28 bits per heavy atom. The number of ether oxygens (including phenoxy) is 1. The van der Waals surface area contributed by atoms with E-state index in [-0.39, 0.29) is 25.5 Å². The van der Waals surface area contributed by atoms with Crippen LogP contribution in [0.5, 0.6) is 0 Å². The number of amides is 1. The number of nitrogens with one attached hydrogen (secondary N) is 1. The van der Waals surface area contributed by atoms with E-state index in [0.29, 0.717) is 0 Å². The fraction of sp³-hybridized carbons (Fsp3) is 0.385. The lowest BCUT2D eigenvalue weighted by molar-refractivity contribution is -0.142. The standard InChI is InChI=1S/C13H15NO4/c15-12(6-9-4-2-1-3-5-9)14-11-8-18-7-10(11)13(16)17/h1-5,10-11H,6-8H2,(H,14,15)(H,16,17). The Labute approximate surface area is 105 Å². The number of aliphatic carboxylic acids is 1. The monoisotopic (exact) mass is 249 g/mol. The maximum absolute atomic E-state index is 11.8. The van der Waals surface area contributed by atoms with Gasteiger partial charge in [0.25, 0.3) is 0 Å². The summed E-state index contributed by atoms with van der Waals surface area (Å²) in [5.41, 5.74) is 0.904. The third-order valence-electron chi connectivity index (χ3n) is 2.95. The first kappa shape index (κ1) is 12.6. The molecule has 0 aliphatic carbocycles. The molecule has 5 nitrogen and oxygen atoms in total. The zero-order valence-corrected chi connectivity index (χ0v) is 9.83. The second-order valence-electron chi connectivity index (χ2n) is 4.32. The van der Waals surface area contributed by atoms with Crippen LogP contribution in [-0.4, -0.2) is 36.2 Å². The molecule has 0 bridgehead atoms. The molecule has 1 aromatic rings. The quantitative estimate of drug-likeness (QED) is 0.812. The number of hydrogen-bond acceptors (Lipinski definition) is 3. The number of carboxylic acid groups (broad SMARTS) is 1. The first-order valence-electron chi connectivity index (χ1n) is 5.80. The van der Waals surface area contributed by atoms with Crippen LogP contribution in [0.1, 0.15) is 5.56 Å². The normalized spacial score (nSPS) is 22.7. The van der Waals surface area contributed by atoms with Gasteiger partial charge in [-0.2, -0.15) is 0 Å². The number of rotatable bonds is 4. The summed E-state index contributed by atoms with van der Waals surface area (Å²) < 4.78 is 5.09. The van der Waals surface area contributed by atoms with Crippen molar-refractivity contribution in [2.45, 2.75) is 12.5 Å². The van der Waals surface area contributed by atoms with Gasteiger partial charge in [-0.05, 0) is 5.56 Å². The lowest BCUT2D eigenvalue weighted by atomic mass is 10.0. The van der Waals surface area contributed by atoms with E-state index >= 15 is 0 Å². The average Bonchev–Trinajstić information content (AvgIpc) is 2.78. The fourth-order valence-corrected chi connectivity index (χ4v) is 1.98. The molecule has 1 aromatic carbocycles. The summed E-state index contributed by atoms with van der Waals surface area (Å²) in [6.45, 7) is 0.420. The molecule has 1 aliphatic heterocycles. The van der Waals surface area contributed by atoms with Crippen molar-refractivity contribution >= 4 is 11.9 Å². The summed E-state index contributed by atoms with van der Waals surface area (Å²) in [7, 11) is 0. The maximum atomic E-state index is 11.8. The first-order valence-corrected chi connectivity index (χ1v) is 5.80. The molecule has 96 valence electrons. The van der Waals surface area contributed by atoms with E-state index in [4.69, 9.17) is 9.84 Å². The second kappa shape index (κ2) is 5.64. The number of carboxylic acids is 1. The number of hydrogen-bond donors (Lipinski definition) is 2. The van der Waals surface area contributed by atoms with Crippen molar-refractivity contribution in [3.05, 3.63) is 35.9 Å². The summed E-state index contributed by atoms with van der Waals surface area (Å²) in [5, 5.41) is 11.7. The molecule has 2 unspecified atom stereocenters. The van der Waals surface area contributed by atoms with Crippen LogP contribution in [0.4, 0.5) is 0 Å². The predicted molar refractivity (Wildman–Crippen MR) is 64.0 cm³/mol. The van der Waals surface area contributed by atoms with Crippen LogP contribution in [0.15, 0.2) is 30.3 Å². The Bertz CT molecular complexity index is 432. The van der Waals surface area contributed by atoms with Crippen LogP contribution >= 0.6 is 0 Å². The molecule has 1 heterocycles. The fourth-order valence-electron chi connectivity index (χ4n) is 1.98. The lowest BCUT2D eigenvalue weighted by Gasteiger charge is -2.15. The van der Waals surface area contributed by atoms with Gasteiger partial charge in [0.15, 0.2) is 0 Å². The molecule has 18 heavy (non-hydrogen) atoms. The molecule has 2 rings (SSSR count). The number of carbonyl (C=O) groups excluding carboxylic acids is 1. The average molecular weight is 249 g/mol. The highest BCUT2D eigenvalue weighted by molar-refractivity contribution is 5.80. The van der Waals surface area contributed by atoms with E-state index in [1.165, 1.54) is 0 Å². The zero-order valence-electron chi connectivity index (χ0n) is 9.83. The molecule has 0 saturated carbocycles. The largest absolute Gasteiger partial charge is 0.481 e. The highest BCUT2D eigenvalue weighted by Gasteiger charge is 2.34. The van der Waals surface area contributed by atoms with Crippen LogP contribution in [0, 0.1) is 5.92 Å². The van der Waals surface area contributed by atoms with Crippen molar-refractivity contribution in [1.82, 2.24) is 5.32 Å². The van der Waals surface area contributed by atoms with Gasteiger partial charge in [0.2, 0.25) is 5.91 Å². The van der Waals surface area contributed by atoms with Gasteiger partial charge in [-0.1, -0.05) is 30.3 Å². The molecule has 5 heteroatoms. The minimum Gasteiger partial charge on any atom is -0.481 e. The van der Waals surface area contributed by atoms with Gasteiger partial charge in [0.05, 0.1) is 25.7 Å². The van der Waals surface area contributed by atoms with Gasteiger partial charge in [-0.3, -0.25) is 9.59 Å². The van der Waals surface area contributed by atoms with E-state index in [1.54, 1.807) is 0 Å². The van der Waals surface area contributed by atoms with Crippen LogP contribution in [0.3, 0.4) is 0 Å². The zero-order chi connectivity index (χ0) is 13.0. The number of benzene rings is 1. The molecule has 1 saturated heterocycles. The van der Waals surface area contributed by atoms with Crippen molar-refractivity contribution in [1.29, 1.82) is 0 Å². The summed E-state index contributed by atoms with van der Waals surface area (Å²) in [6.07, 6.45) is 0.254. The van der Waals surface area contributed by atoms with Crippen molar-refractivity contribution in [3.8, 4) is 0 Å². The van der Waals surface area contributed by atoms with Gasteiger partial charge in [0.1, 0.15) is 5.92 Å². The van der Waals surface area contributed by atoms with Gasteiger partial charge in [-0.25, -0.2) is 0 Å². The molecule has 0 spiro atoms. The first-order chi connectivity index (χ1) is 8.66. The van der Waals surface area contributed by atoms with Crippen molar-refractivity contribution in [2.24, 2.45) is 5.92 Å². The third kappa shape index (κ3) is 3.07. The highest BCUT2D eigenvalue weighted by Crippen LogP contribution is 2.14. The summed E-state index contributed by atoms with van der Waals surface area (Å²) >= 11 is 0. The molecule has 2 atom stereocenters. The van der Waals surface area contributed by atoms with Crippen molar-refractivity contribution in [3.63, 3.8) is 0 Å². The molecule has 1 amide bonds. The molecule has 1 fully saturated rings.